The molecule has 136 valence electrons. The van der Waals surface area contributed by atoms with Crippen molar-refractivity contribution in [3.63, 3.8) is 0 Å². The van der Waals surface area contributed by atoms with Crippen LogP contribution in [0, 0.1) is 6.92 Å². The van der Waals surface area contributed by atoms with Crippen LogP contribution >= 0.6 is 0 Å². The summed E-state index contributed by atoms with van der Waals surface area (Å²) in [5.74, 6) is 0.352. The first-order valence-corrected chi connectivity index (χ1v) is 9.55. The molecule has 7 heteroatoms. The van der Waals surface area contributed by atoms with Gasteiger partial charge in [0.25, 0.3) is 0 Å². The number of aromatic nitrogens is 3. The first kappa shape index (κ1) is 15.8. The molecule has 2 amide bonds. The molecule has 7 nitrogen and oxygen atoms in total. The molecule has 3 aliphatic rings. The van der Waals surface area contributed by atoms with E-state index >= 15 is 0 Å². The highest BCUT2D eigenvalue weighted by Crippen LogP contribution is 2.43. The molecule has 0 unspecified atom stereocenters. The van der Waals surface area contributed by atoms with Crippen LogP contribution in [0.3, 0.4) is 0 Å². The van der Waals surface area contributed by atoms with Crippen LogP contribution in [-0.4, -0.2) is 55.3 Å². The molecule has 0 saturated carbocycles. The quantitative estimate of drug-likeness (QED) is 0.841. The molecule has 0 radical (unpaired) electrons. The molecule has 0 aromatic carbocycles. The Labute approximate surface area is 152 Å². The second-order valence-electron chi connectivity index (χ2n) is 7.70. The Hall–Kier alpha value is -2.44. The number of fused-ring (bicyclic) bond motifs is 6. The molecule has 0 aliphatic carbocycles. The van der Waals surface area contributed by atoms with E-state index in [1.165, 1.54) is 5.69 Å². The lowest BCUT2D eigenvalue weighted by molar-refractivity contribution is -0.135. The van der Waals surface area contributed by atoms with Crippen molar-refractivity contribution in [2.45, 2.75) is 57.5 Å². The smallest absolute Gasteiger partial charge is 0.225 e. The molecule has 2 aromatic rings. The predicted molar refractivity (Wildman–Crippen MR) is 94.5 cm³/mol. The summed E-state index contributed by atoms with van der Waals surface area (Å²) in [5.41, 5.74) is 4.19. The summed E-state index contributed by atoms with van der Waals surface area (Å²) in [6.45, 7) is 3.33. The molecule has 26 heavy (non-hydrogen) atoms. The fraction of sp³-hybridized carbons (Fsp3) is 0.579. The Morgan fingerprint density at radius 3 is 3.04 bits per heavy atom. The average Bonchev–Trinajstić information content (AvgIpc) is 3.29. The Bertz CT molecular complexity index is 905. The zero-order valence-electron chi connectivity index (χ0n) is 15.0. The molecule has 5 rings (SSSR count). The van der Waals surface area contributed by atoms with Gasteiger partial charge in [-0.25, -0.2) is 9.50 Å². The predicted octanol–water partition coefficient (Wildman–Crippen LogP) is 1.64. The number of amides is 2. The number of hydrogen-bond acceptors (Lipinski definition) is 4. The number of nitrogens with zero attached hydrogens (tertiary/aromatic N) is 5. The minimum atomic E-state index is 0.104. The maximum atomic E-state index is 12.9. The molecular formula is C19H23N5O2. The lowest BCUT2D eigenvalue weighted by Crippen LogP contribution is -2.44. The van der Waals surface area contributed by atoms with Crippen LogP contribution in [0.4, 0.5) is 0 Å². The Morgan fingerprint density at radius 2 is 2.23 bits per heavy atom. The first-order valence-electron chi connectivity index (χ1n) is 9.55. The molecule has 5 heterocycles. The van der Waals surface area contributed by atoms with Crippen molar-refractivity contribution in [3.05, 3.63) is 29.2 Å². The fourth-order valence-electron chi connectivity index (χ4n) is 4.88. The zero-order chi connectivity index (χ0) is 17.8. The molecule has 0 N–H and O–H groups in total. The van der Waals surface area contributed by atoms with Crippen molar-refractivity contribution >= 4 is 17.5 Å². The molecular weight excluding hydrogens is 330 g/mol. The highest BCUT2D eigenvalue weighted by Gasteiger charge is 2.43. The normalized spacial score (nSPS) is 24.6. The third kappa shape index (κ3) is 2.33. The first-order chi connectivity index (χ1) is 12.6. The Morgan fingerprint density at radius 1 is 1.35 bits per heavy atom. The largest absolute Gasteiger partial charge is 0.342 e. The van der Waals surface area contributed by atoms with E-state index in [0.29, 0.717) is 19.4 Å². The van der Waals surface area contributed by atoms with Gasteiger partial charge in [-0.3, -0.25) is 9.59 Å². The summed E-state index contributed by atoms with van der Waals surface area (Å²) in [6, 6.07) is 2.34. The zero-order valence-corrected chi connectivity index (χ0v) is 15.0. The average molecular weight is 353 g/mol. The Kier molecular flexibility index (Phi) is 3.52. The highest BCUT2D eigenvalue weighted by molar-refractivity contribution is 5.81. The minimum absolute atomic E-state index is 0.104. The Balaban J connectivity index is 1.39. The van der Waals surface area contributed by atoms with Crippen LogP contribution in [0.25, 0.3) is 5.65 Å². The number of likely N-dealkylation sites (tertiary alicyclic amines) is 1. The lowest BCUT2D eigenvalue weighted by atomic mass is 9.98. The summed E-state index contributed by atoms with van der Waals surface area (Å²) in [6.07, 6.45) is 6.74. The molecule has 2 fully saturated rings. The van der Waals surface area contributed by atoms with Crippen molar-refractivity contribution in [2.24, 2.45) is 0 Å². The van der Waals surface area contributed by atoms with Gasteiger partial charge in [0.05, 0.1) is 17.4 Å². The van der Waals surface area contributed by atoms with Gasteiger partial charge in [-0.15, -0.1) is 0 Å². The van der Waals surface area contributed by atoms with Crippen molar-refractivity contribution in [3.8, 4) is 0 Å². The van der Waals surface area contributed by atoms with E-state index in [2.05, 4.69) is 15.0 Å². The lowest BCUT2D eigenvalue weighted by Gasteiger charge is -2.36. The van der Waals surface area contributed by atoms with Crippen LogP contribution < -0.4 is 0 Å². The van der Waals surface area contributed by atoms with Crippen molar-refractivity contribution < 1.29 is 9.59 Å². The highest BCUT2D eigenvalue weighted by atomic mass is 16.2. The van der Waals surface area contributed by atoms with E-state index in [-0.39, 0.29) is 23.9 Å². The molecule has 0 spiro atoms. The van der Waals surface area contributed by atoms with Crippen molar-refractivity contribution in [2.75, 3.05) is 13.1 Å². The van der Waals surface area contributed by atoms with Gasteiger partial charge < -0.3 is 9.80 Å². The van der Waals surface area contributed by atoms with E-state index in [1.54, 1.807) is 0 Å². The van der Waals surface area contributed by atoms with Gasteiger partial charge in [0, 0.05) is 56.2 Å². The van der Waals surface area contributed by atoms with E-state index in [1.807, 2.05) is 28.6 Å². The number of carbonyl (C=O) groups excluding carboxylic acids is 2. The van der Waals surface area contributed by atoms with Gasteiger partial charge in [0.2, 0.25) is 11.8 Å². The number of aryl methyl sites for hydroxylation is 1. The second kappa shape index (κ2) is 5.79. The fourth-order valence-corrected chi connectivity index (χ4v) is 4.88. The van der Waals surface area contributed by atoms with Crippen LogP contribution in [-0.2, 0) is 16.0 Å². The summed E-state index contributed by atoms with van der Waals surface area (Å²) < 4.78 is 1.96. The van der Waals surface area contributed by atoms with Gasteiger partial charge in [-0.2, -0.15) is 5.10 Å². The van der Waals surface area contributed by atoms with Gasteiger partial charge in [-0.05, 0) is 26.2 Å². The summed E-state index contributed by atoms with van der Waals surface area (Å²) in [4.78, 5) is 33.2. The van der Waals surface area contributed by atoms with Crippen molar-refractivity contribution in [1.29, 1.82) is 0 Å². The number of rotatable bonds is 3. The molecule has 2 saturated heterocycles. The number of carbonyl (C=O) groups is 2. The molecule has 3 aliphatic heterocycles. The molecule has 2 bridgehead atoms. The van der Waals surface area contributed by atoms with Crippen LogP contribution in [0.2, 0.25) is 0 Å². The van der Waals surface area contributed by atoms with Gasteiger partial charge in [0.1, 0.15) is 0 Å². The summed E-state index contributed by atoms with van der Waals surface area (Å²) in [7, 11) is 0. The third-order valence-electron chi connectivity index (χ3n) is 6.08. The maximum absolute atomic E-state index is 12.9. The number of hydrogen-bond donors (Lipinski definition) is 0. The van der Waals surface area contributed by atoms with E-state index in [4.69, 9.17) is 0 Å². The standard InChI is InChI=1S/C19H23N5O2/c1-12-9-17-20-11-14-15-5-4-13(10-16(14)24(17)21-12)23(15)19(26)6-8-22-7-2-3-18(22)25/h9,11,13,15H,2-8,10H2,1H3/t13-,15+/m0/s1. The second-order valence-corrected chi connectivity index (χ2v) is 7.70. The molecule has 2 atom stereocenters. The topological polar surface area (TPSA) is 70.8 Å². The van der Waals surface area contributed by atoms with Gasteiger partial charge in [-0.1, -0.05) is 0 Å². The van der Waals surface area contributed by atoms with E-state index < -0.39 is 0 Å². The monoisotopic (exact) mass is 353 g/mol. The van der Waals surface area contributed by atoms with Crippen molar-refractivity contribution in [1.82, 2.24) is 24.4 Å². The summed E-state index contributed by atoms with van der Waals surface area (Å²) >= 11 is 0. The van der Waals surface area contributed by atoms with Gasteiger partial charge in [0.15, 0.2) is 5.65 Å². The maximum Gasteiger partial charge on any atom is 0.225 e. The minimum Gasteiger partial charge on any atom is -0.342 e. The van der Waals surface area contributed by atoms with E-state index in [9.17, 15) is 9.59 Å². The van der Waals surface area contributed by atoms with Crippen LogP contribution in [0.1, 0.15) is 55.1 Å². The van der Waals surface area contributed by atoms with Gasteiger partial charge >= 0.3 is 0 Å². The summed E-state index contributed by atoms with van der Waals surface area (Å²) in [5, 5.41) is 4.60. The van der Waals surface area contributed by atoms with Crippen LogP contribution in [0.15, 0.2) is 12.3 Å². The van der Waals surface area contributed by atoms with Crippen LogP contribution in [0.5, 0.6) is 0 Å². The SMILES string of the molecule is Cc1cc2ncc3c(n2n1)C[C@@H]1CC[C@H]3N1C(=O)CCN1CCCC1=O. The van der Waals surface area contributed by atoms with E-state index in [0.717, 1.165) is 49.1 Å². The molecule has 2 aromatic heterocycles. The third-order valence-corrected chi connectivity index (χ3v) is 6.08.